The third-order valence-corrected chi connectivity index (χ3v) is 4.21. The van der Waals surface area contributed by atoms with Crippen LogP contribution in [0.5, 0.6) is 0 Å². The van der Waals surface area contributed by atoms with Crippen LogP contribution in [0.3, 0.4) is 0 Å². The van der Waals surface area contributed by atoms with Gasteiger partial charge in [0.15, 0.2) is 0 Å². The normalized spacial score (nSPS) is 10.6. The van der Waals surface area contributed by atoms with E-state index in [4.69, 9.17) is 0 Å². The first kappa shape index (κ1) is 14.7. The van der Waals surface area contributed by atoms with Crippen molar-refractivity contribution >= 4 is 17.2 Å². The lowest BCUT2D eigenvalue weighted by molar-refractivity contribution is -0.130. The lowest BCUT2D eigenvalue weighted by atomic mass is 10.1. The Morgan fingerprint density at radius 3 is 2.70 bits per heavy atom. The van der Waals surface area contributed by atoms with Gasteiger partial charge >= 0.3 is 0 Å². The maximum absolute atomic E-state index is 12.1. The zero-order valence-corrected chi connectivity index (χ0v) is 13.0. The van der Waals surface area contributed by atoms with E-state index in [-0.39, 0.29) is 5.91 Å². The molecular formula is C16H20N2OS. The highest BCUT2D eigenvalue weighted by Crippen LogP contribution is 2.24. The number of hydrogen-bond donors (Lipinski definition) is 0. The van der Waals surface area contributed by atoms with E-state index >= 15 is 0 Å². The fourth-order valence-corrected chi connectivity index (χ4v) is 2.96. The molecule has 0 aliphatic carbocycles. The van der Waals surface area contributed by atoms with Crippen molar-refractivity contribution in [2.45, 2.75) is 27.2 Å². The molecule has 0 saturated carbocycles. The highest BCUT2D eigenvalue weighted by Gasteiger charge is 2.13. The summed E-state index contributed by atoms with van der Waals surface area (Å²) in [6, 6.07) is 8.28. The number of carbonyl (C=O) groups excluding carboxylic acids is 1. The summed E-state index contributed by atoms with van der Waals surface area (Å²) in [4.78, 5) is 18.5. The van der Waals surface area contributed by atoms with E-state index in [1.807, 2.05) is 30.2 Å². The van der Waals surface area contributed by atoms with Crippen LogP contribution in [-0.2, 0) is 11.2 Å². The van der Waals surface area contributed by atoms with Crippen LogP contribution in [0.1, 0.15) is 25.1 Å². The summed E-state index contributed by atoms with van der Waals surface area (Å²) < 4.78 is 0. The topological polar surface area (TPSA) is 33.2 Å². The van der Waals surface area contributed by atoms with Crippen LogP contribution in [0.2, 0.25) is 0 Å². The van der Waals surface area contributed by atoms with Gasteiger partial charge in [0.1, 0.15) is 5.01 Å². The number of hydrogen-bond acceptors (Lipinski definition) is 3. The molecule has 106 valence electrons. The molecule has 0 aliphatic heterocycles. The molecule has 1 aromatic carbocycles. The van der Waals surface area contributed by atoms with Crippen molar-refractivity contribution in [1.29, 1.82) is 0 Å². The minimum absolute atomic E-state index is 0.149. The Hall–Kier alpha value is -1.68. The van der Waals surface area contributed by atoms with Crippen LogP contribution in [0.25, 0.3) is 10.6 Å². The molecular weight excluding hydrogens is 268 g/mol. The van der Waals surface area contributed by atoms with Crippen LogP contribution >= 0.6 is 11.3 Å². The van der Waals surface area contributed by atoms with Gasteiger partial charge in [0.05, 0.1) is 12.1 Å². The van der Waals surface area contributed by atoms with Gasteiger partial charge in [0.2, 0.25) is 5.91 Å². The highest BCUT2D eigenvalue weighted by atomic mass is 32.1. The van der Waals surface area contributed by atoms with Crippen molar-refractivity contribution in [3.63, 3.8) is 0 Å². The maximum atomic E-state index is 12.1. The monoisotopic (exact) mass is 288 g/mol. The van der Waals surface area contributed by atoms with Gasteiger partial charge < -0.3 is 4.90 Å². The molecule has 4 heteroatoms. The molecule has 1 amide bonds. The van der Waals surface area contributed by atoms with E-state index < -0.39 is 0 Å². The second-order valence-corrected chi connectivity index (χ2v) is 5.61. The number of amides is 1. The zero-order valence-electron chi connectivity index (χ0n) is 12.2. The first-order valence-electron chi connectivity index (χ1n) is 6.93. The first-order valence-corrected chi connectivity index (χ1v) is 7.81. The first-order chi connectivity index (χ1) is 9.63. The Bertz CT molecular complexity index is 588. The molecule has 1 heterocycles. The van der Waals surface area contributed by atoms with Crippen molar-refractivity contribution in [3.05, 3.63) is 40.9 Å². The highest BCUT2D eigenvalue weighted by molar-refractivity contribution is 7.13. The molecule has 0 atom stereocenters. The van der Waals surface area contributed by atoms with E-state index in [1.54, 1.807) is 11.3 Å². The summed E-state index contributed by atoms with van der Waals surface area (Å²) in [5.74, 6) is 0.149. The van der Waals surface area contributed by atoms with Crippen LogP contribution in [0, 0.1) is 6.92 Å². The second kappa shape index (κ2) is 6.66. The molecule has 0 aliphatic rings. The van der Waals surface area contributed by atoms with E-state index in [9.17, 15) is 4.79 Å². The molecule has 2 rings (SSSR count). The Morgan fingerprint density at radius 2 is 2.05 bits per heavy atom. The molecule has 0 saturated heterocycles. The van der Waals surface area contributed by atoms with E-state index in [0.29, 0.717) is 6.42 Å². The number of rotatable bonds is 5. The summed E-state index contributed by atoms with van der Waals surface area (Å²) in [5.41, 5.74) is 3.21. The number of likely N-dealkylation sites (N-methyl/N-ethyl adjacent to an activating group) is 1. The van der Waals surface area contributed by atoms with Gasteiger partial charge in [-0.15, -0.1) is 11.3 Å². The number of benzene rings is 1. The number of nitrogens with zero attached hydrogens (tertiary/aromatic N) is 2. The molecule has 0 fully saturated rings. The molecule has 0 bridgehead atoms. The van der Waals surface area contributed by atoms with Gasteiger partial charge in [0, 0.05) is 24.0 Å². The Kier molecular flexibility index (Phi) is 4.90. The summed E-state index contributed by atoms with van der Waals surface area (Å²) in [7, 11) is 0. The van der Waals surface area contributed by atoms with Crippen molar-refractivity contribution in [2.24, 2.45) is 0 Å². The van der Waals surface area contributed by atoms with Crippen LogP contribution < -0.4 is 0 Å². The molecule has 20 heavy (non-hydrogen) atoms. The molecule has 2 aromatic rings. The second-order valence-electron chi connectivity index (χ2n) is 4.76. The van der Waals surface area contributed by atoms with Gasteiger partial charge in [-0.2, -0.15) is 0 Å². The number of carbonyl (C=O) groups is 1. The Morgan fingerprint density at radius 1 is 1.30 bits per heavy atom. The SMILES string of the molecule is CCN(CC)C(=O)Cc1csc(-c2cccc(C)c2)n1. The summed E-state index contributed by atoms with van der Waals surface area (Å²) in [6.07, 6.45) is 0.393. The predicted molar refractivity (Wildman–Crippen MR) is 83.9 cm³/mol. The fraction of sp³-hybridized carbons (Fsp3) is 0.375. The minimum Gasteiger partial charge on any atom is -0.343 e. The third-order valence-electron chi connectivity index (χ3n) is 3.27. The smallest absolute Gasteiger partial charge is 0.228 e. The predicted octanol–water partition coefficient (Wildman–Crippen LogP) is 3.53. The molecule has 3 nitrogen and oxygen atoms in total. The van der Waals surface area contributed by atoms with Gasteiger partial charge in [-0.1, -0.05) is 23.8 Å². The zero-order chi connectivity index (χ0) is 14.5. The van der Waals surface area contributed by atoms with Gasteiger partial charge in [0.25, 0.3) is 0 Å². The lowest BCUT2D eigenvalue weighted by Crippen LogP contribution is -2.31. The average molecular weight is 288 g/mol. The largest absolute Gasteiger partial charge is 0.343 e. The number of thiazole rings is 1. The van der Waals surface area contributed by atoms with Crippen molar-refractivity contribution in [1.82, 2.24) is 9.88 Å². The molecule has 0 N–H and O–H groups in total. The van der Waals surface area contributed by atoms with Gasteiger partial charge in [-0.3, -0.25) is 4.79 Å². The van der Waals surface area contributed by atoms with Crippen molar-refractivity contribution in [2.75, 3.05) is 13.1 Å². The number of aryl methyl sites for hydroxylation is 1. The maximum Gasteiger partial charge on any atom is 0.228 e. The summed E-state index contributed by atoms with van der Waals surface area (Å²) >= 11 is 1.60. The average Bonchev–Trinajstić information content (AvgIpc) is 2.88. The van der Waals surface area contributed by atoms with E-state index in [1.165, 1.54) is 5.56 Å². The standard InChI is InChI=1S/C16H20N2OS/c1-4-18(5-2)15(19)10-14-11-20-16(17-14)13-8-6-7-12(3)9-13/h6-9,11H,4-5,10H2,1-3H3. The third kappa shape index (κ3) is 3.45. The van der Waals surface area contributed by atoms with Crippen LogP contribution in [0.4, 0.5) is 0 Å². The summed E-state index contributed by atoms with van der Waals surface area (Å²) in [5, 5.41) is 2.97. The Labute approximate surface area is 124 Å². The van der Waals surface area contributed by atoms with Crippen molar-refractivity contribution in [3.8, 4) is 10.6 Å². The number of aromatic nitrogens is 1. The van der Waals surface area contributed by atoms with E-state index in [0.717, 1.165) is 29.4 Å². The lowest BCUT2D eigenvalue weighted by Gasteiger charge is -2.17. The minimum atomic E-state index is 0.149. The van der Waals surface area contributed by atoms with Crippen LogP contribution in [0.15, 0.2) is 29.6 Å². The molecule has 0 unspecified atom stereocenters. The summed E-state index contributed by atoms with van der Waals surface area (Å²) in [6.45, 7) is 7.58. The van der Waals surface area contributed by atoms with Crippen LogP contribution in [-0.4, -0.2) is 28.9 Å². The molecule has 1 aromatic heterocycles. The fourth-order valence-electron chi connectivity index (χ4n) is 2.14. The van der Waals surface area contributed by atoms with E-state index in [2.05, 4.69) is 30.1 Å². The van der Waals surface area contributed by atoms with Gasteiger partial charge in [-0.05, 0) is 26.8 Å². The van der Waals surface area contributed by atoms with Gasteiger partial charge in [-0.25, -0.2) is 4.98 Å². The Balaban J connectivity index is 2.11. The quantitative estimate of drug-likeness (QED) is 0.843. The van der Waals surface area contributed by atoms with Crippen molar-refractivity contribution < 1.29 is 4.79 Å². The molecule has 0 radical (unpaired) electrons. The molecule has 0 spiro atoms.